The highest BCUT2D eigenvalue weighted by Crippen LogP contribution is 2.64. The fraction of sp³-hybridized carbons (Fsp3) is 0.667. The number of hydrogen-bond donors (Lipinski definition) is 1. The van der Waals surface area contributed by atoms with Gasteiger partial charge in [-0.1, -0.05) is 30.3 Å². The van der Waals surface area contributed by atoms with Gasteiger partial charge in [-0.3, -0.25) is 0 Å². The smallest absolute Gasteiger partial charge is 0.00180 e. The maximum absolute atomic E-state index is 6.23. The van der Waals surface area contributed by atoms with E-state index >= 15 is 0 Å². The van der Waals surface area contributed by atoms with Crippen molar-refractivity contribution < 1.29 is 0 Å². The second-order valence-electron chi connectivity index (χ2n) is 7.48. The van der Waals surface area contributed by atoms with Crippen LogP contribution in [0.15, 0.2) is 30.3 Å². The number of nitrogens with two attached hydrogens (primary N) is 1. The van der Waals surface area contributed by atoms with E-state index in [1.54, 1.807) is 0 Å². The molecule has 0 saturated heterocycles. The summed E-state index contributed by atoms with van der Waals surface area (Å²) < 4.78 is 0. The van der Waals surface area contributed by atoms with Crippen molar-refractivity contribution in [1.82, 2.24) is 0 Å². The largest absolute Gasteiger partial charge is 0.330 e. The van der Waals surface area contributed by atoms with E-state index in [1.165, 1.54) is 44.1 Å². The van der Waals surface area contributed by atoms with Crippen molar-refractivity contribution in [2.75, 3.05) is 6.54 Å². The molecule has 5 rings (SSSR count). The summed E-state index contributed by atoms with van der Waals surface area (Å²) in [5.41, 5.74) is 8.27. The summed E-state index contributed by atoms with van der Waals surface area (Å²) >= 11 is 0. The van der Waals surface area contributed by atoms with E-state index in [9.17, 15) is 0 Å². The van der Waals surface area contributed by atoms with Gasteiger partial charge in [-0.05, 0) is 73.8 Å². The lowest BCUT2D eigenvalue weighted by Gasteiger charge is -2.59. The second kappa shape index (κ2) is 4.34. The zero-order chi connectivity index (χ0) is 12.9. The molecule has 4 saturated carbocycles. The highest BCUT2D eigenvalue weighted by atomic mass is 14.6. The summed E-state index contributed by atoms with van der Waals surface area (Å²) in [5.74, 6) is 3.65. The number of benzene rings is 1. The Kier molecular flexibility index (Phi) is 2.73. The average molecular weight is 255 g/mol. The first-order valence-corrected chi connectivity index (χ1v) is 8.04. The molecule has 1 heteroatoms. The van der Waals surface area contributed by atoms with Crippen LogP contribution in [0.5, 0.6) is 0 Å². The van der Waals surface area contributed by atoms with Crippen LogP contribution in [0.3, 0.4) is 0 Å². The Morgan fingerprint density at radius 1 is 0.947 bits per heavy atom. The van der Waals surface area contributed by atoms with Gasteiger partial charge in [-0.25, -0.2) is 0 Å². The van der Waals surface area contributed by atoms with Gasteiger partial charge in [0.1, 0.15) is 0 Å². The third-order valence-corrected chi connectivity index (χ3v) is 6.26. The topological polar surface area (TPSA) is 26.0 Å². The third-order valence-electron chi connectivity index (χ3n) is 6.26. The minimum atomic E-state index is 0.546. The van der Waals surface area contributed by atoms with Crippen LogP contribution < -0.4 is 5.73 Å². The van der Waals surface area contributed by atoms with Gasteiger partial charge in [-0.2, -0.15) is 0 Å². The second-order valence-corrected chi connectivity index (χ2v) is 7.48. The van der Waals surface area contributed by atoms with E-state index in [0.29, 0.717) is 11.3 Å². The predicted octanol–water partition coefficient (Wildman–Crippen LogP) is 3.95. The number of rotatable bonds is 3. The van der Waals surface area contributed by atoms with Crippen molar-refractivity contribution >= 4 is 0 Å². The van der Waals surface area contributed by atoms with Crippen LogP contribution >= 0.6 is 0 Å². The van der Waals surface area contributed by atoms with E-state index in [1.807, 2.05) is 0 Å². The normalized spacial score (nSPS) is 41.4. The summed E-state index contributed by atoms with van der Waals surface area (Å²) in [6.45, 7) is 0.830. The Morgan fingerprint density at radius 2 is 1.47 bits per heavy atom. The monoisotopic (exact) mass is 255 g/mol. The highest BCUT2D eigenvalue weighted by molar-refractivity contribution is 5.24. The van der Waals surface area contributed by atoms with Gasteiger partial charge in [0.2, 0.25) is 0 Å². The lowest BCUT2D eigenvalue weighted by atomic mass is 9.46. The quantitative estimate of drug-likeness (QED) is 0.869. The first kappa shape index (κ1) is 12.0. The minimum Gasteiger partial charge on any atom is -0.330 e. The molecule has 0 heterocycles. The Morgan fingerprint density at radius 3 is 1.95 bits per heavy atom. The SMILES string of the molecule is NCC(c1ccccc1)C12CC3CC(CC(C3)C1)C2. The van der Waals surface area contributed by atoms with Crippen LogP contribution in [-0.4, -0.2) is 6.54 Å². The molecule has 19 heavy (non-hydrogen) atoms. The van der Waals surface area contributed by atoms with Crippen LogP contribution in [0, 0.1) is 23.2 Å². The Labute approximate surface area is 116 Å². The van der Waals surface area contributed by atoms with E-state index < -0.39 is 0 Å². The molecule has 1 atom stereocenters. The van der Waals surface area contributed by atoms with Crippen LogP contribution in [0.25, 0.3) is 0 Å². The van der Waals surface area contributed by atoms with Crippen molar-refractivity contribution in [3.05, 3.63) is 35.9 Å². The average Bonchev–Trinajstić information content (AvgIpc) is 2.38. The standard InChI is InChI=1S/C18H25N/c19-12-17(16-4-2-1-3-5-16)18-9-13-6-14(10-18)8-15(7-13)11-18/h1-5,13-15,17H,6-12,19H2. The zero-order valence-electron chi connectivity index (χ0n) is 11.7. The Hall–Kier alpha value is -0.820. The van der Waals surface area contributed by atoms with Crippen LogP contribution in [0.2, 0.25) is 0 Å². The fourth-order valence-corrected chi connectivity index (χ4v) is 6.03. The summed E-state index contributed by atoms with van der Waals surface area (Å²) in [6.07, 6.45) is 8.92. The molecule has 102 valence electrons. The lowest BCUT2D eigenvalue weighted by Crippen LogP contribution is -2.50. The fourth-order valence-electron chi connectivity index (χ4n) is 6.03. The summed E-state index contributed by atoms with van der Waals surface area (Å²) in [6, 6.07) is 11.1. The molecule has 0 aromatic heterocycles. The Bertz CT molecular complexity index is 415. The molecule has 1 unspecified atom stereocenters. The molecular formula is C18H25N. The van der Waals surface area contributed by atoms with Crippen LogP contribution in [0.1, 0.15) is 50.0 Å². The van der Waals surface area contributed by atoms with Crippen LogP contribution in [0.4, 0.5) is 0 Å². The number of hydrogen-bond acceptors (Lipinski definition) is 1. The van der Waals surface area contributed by atoms with Gasteiger partial charge in [0.05, 0.1) is 0 Å². The Balaban J connectivity index is 1.70. The molecule has 4 bridgehead atoms. The summed E-state index contributed by atoms with van der Waals surface area (Å²) in [5, 5.41) is 0. The van der Waals surface area contributed by atoms with Gasteiger partial charge in [0, 0.05) is 5.92 Å². The molecule has 1 nitrogen and oxygen atoms in total. The van der Waals surface area contributed by atoms with Gasteiger partial charge in [0.15, 0.2) is 0 Å². The molecule has 0 spiro atoms. The molecule has 0 amide bonds. The molecule has 2 N–H and O–H groups in total. The molecule has 4 aliphatic carbocycles. The van der Waals surface area contributed by atoms with Crippen molar-refractivity contribution in [3.63, 3.8) is 0 Å². The van der Waals surface area contributed by atoms with E-state index in [4.69, 9.17) is 5.73 Å². The highest BCUT2D eigenvalue weighted by Gasteiger charge is 2.53. The van der Waals surface area contributed by atoms with Crippen molar-refractivity contribution in [1.29, 1.82) is 0 Å². The van der Waals surface area contributed by atoms with Crippen LogP contribution in [-0.2, 0) is 0 Å². The summed E-state index contributed by atoms with van der Waals surface area (Å²) in [4.78, 5) is 0. The van der Waals surface area contributed by atoms with E-state index in [-0.39, 0.29) is 0 Å². The molecular weight excluding hydrogens is 230 g/mol. The van der Waals surface area contributed by atoms with Gasteiger partial charge in [0.25, 0.3) is 0 Å². The molecule has 1 aromatic carbocycles. The first-order valence-electron chi connectivity index (χ1n) is 8.04. The van der Waals surface area contributed by atoms with Gasteiger partial charge in [-0.15, -0.1) is 0 Å². The third kappa shape index (κ3) is 1.86. The molecule has 4 fully saturated rings. The molecule has 1 aromatic rings. The minimum absolute atomic E-state index is 0.546. The molecule has 0 aliphatic heterocycles. The maximum Gasteiger partial charge on any atom is 0.00180 e. The lowest BCUT2D eigenvalue weighted by molar-refractivity contribution is -0.0671. The van der Waals surface area contributed by atoms with E-state index in [2.05, 4.69) is 30.3 Å². The van der Waals surface area contributed by atoms with Gasteiger partial charge < -0.3 is 5.73 Å². The molecule has 4 aliphatic rings. The zero-order valence-corrected chi connectivity index (χ0v) is 11.7. The van der Waals surface area contributed by atoms with Crippen molar-refractivity contribution in [2.24, 2.45) is 28.9 Å². The van der Waals surface area contributed by atoms with Crippen molar-refractivity contribution in [2.45, 2.75) is 44.4 Å². The predicted molar refractivity (Wildman–Crippen MR) is 78.8 cm³/mol. The van der Waals surface area contributed by atoms with Gasteiger partial charge >= 0.3 is 0 Å². The molecule has 0 radical (unpaired) electrons. The first-order chi connectivity index (χ1) is 9.29. The van der Waals surface area contributed by atoms with E-state index in [0.717, 1.165) is 24.3 Å². The van der Waals surface area contributed by atoms with Crippen molar-refractivity contribution in [3.8, 4) is 0 Å². The summed E-state index contributed by atoms with van der Waals surface area (Å²) in [7, 11) is 0. The maximum atomic E-state index is 6.23.